The highest BCUT2D eigenvalue weighted by Crippen LogP contribution is 1.82. The first kappa shape index (κ1) is 12.7. The standard InChI is InChI=1S/C7H16N4O3/c1-11(7(13)10-8)5-6(12)9-3-4-14-2/h3-5,8H2,1-2H3,(H,9,12)(H,10,13). The minimum Gasteiger partial charge on any atom is -0.383 e. The number of nitrogens with two attached hydrogens (primary N) is 1. The SMILES string of the molecule is COCCNC(=O)CN(C)C(=O)NN. The van der Waals surface area contributed by atoms with Crippen molar-refractivity contribution in [3.63, 3.8) is 0 Å². The molecule has 0 saturated heterocycles. The van der Waals surface area contributed by atoms with Crippen LogP contribution in [0.5, 0.6) is 0 Å². The van der Waals surface area contributed by atoms with Crippen LogP contribution in [0.3, 0.4) is 0 Å². The van der Waals surface area contributed by atoms with Gasteiger partial charge in [0.15, 0.2) is 0 Å². The van der Waals surface area contributed by atoms with E-state index in [0.717, 1.165) is 0 Å². The molecule has 0 unspecified atom stereocenters. The fraction of sp³-hybridized carbons (Fsp3) is 0.714. The van der Waals surface area contributed by atoms with E-state index in [1.807, 2.05) is 5.43 Å². The Balaban J connectivity index is 3.65. The number of amides is 3. The Morgan fingerprint density at radius 2 is 2.14 bits per heavy atom. The molecular weight excluding hydrogens is 188 g/mol. The molecule has 0 aromatic rings. The monoisotopic (exact) mass is 204 g/mol. The summed E-state index contributed by atoms with van der Waals surface area (Å²) in [5.41, 5.74) is 1.92. The molecule has 0 radical (unpaired) electrons. The van der Waals surface area contributed by atoms with Gasteiger partial charge in [-0.05, 0) is 0 Å². The third kappa shape index (κ3) is 5.33. The number of nitrogens with zero attached hydrogens (tertiary/aromatic N) is 1. The maximum absolute atomic E-state index is 11.1. The first-order valence-corrected chi connectivity index (χ1v) is 4.09. The lowest BCUT2D eigenvalue weighted by Gasteiger charge is -2.15. The van der Waals surface area contributed by atoms with E-state index in [4.69, 9.17) is 10.6 Å². The largest absolute Gasteiger partial charge is 0.383 e. The first-order valence-electron chi connectivity index (χ1n) is 4.09. The van der Waals surface area contributed by atoms with Crippen LogP contribution in [0.1, 0.15) is 0 Å². The summed E-state index contributed by atoms with van der Waals surface area (Å²) in [6, 6.07) is -0.508. The summed E-state index contributed by atoms with van der Waals surface area (Å²) in [5, 5.41) is 2.57. The number of carbonyl (C=O) groups excluding carboxylic acids is 2. The van der Waals surface area contributed by atoms with E-state index in [0.29, 0.717) is 13.2 Å². The summed E-state index contributed by atoms with van der Waals surface area (Å²) in [7, 11) is 3.01. The Hall–Kier alpha value is -1.34. The van der Waals surface area contributed by atoms with E-state index < -0.39 is 6.03 Å². The van der Waals surface area contributed by atoms with Crippen molar-refractivity contribution in [1.29, 1.82) is 0 Å². The zero-order chi connectivity index (χ0) is 11.0. The fourth-order valence-corrected chi connectivity index (χ4v) is 0.746. The quantitative estimate of drug-likeness (QED) is 0.214. The van der Waals surface area contributed by atoms with Crippen LogP contribution in [0, 0.1) is 0 Å². The number of ether oxygens (including phenoxy) is 1. The van der Waals surface area contributed by atoms with Crippen LogP contribution in [-0.4, -0.2) is 50.7 Å². The van der Waals surface area contributed by atoms with Gasteiger partial charge in [0.1, 0.15) is 6.54 Å². The van der Waals surface area contributed by atoms with E-state index in [1.54, 1.807) is 7.11 Å². The van der Waals surface area contributed by atoms with Crippen LogP contribution in [0.15, 0.2) is 0 Å². The molecule has 7 heteroatoms. The lowest BCUT2D eigenvalue weighted by Crippen LogP contribution is -2.46. The molecule has 0 aliphatic rings. The molecule has 0 saturated carbocycles. The summed E-state index contributed by atoms with van der Waals surface area (Å²) in [5.74, 6) is 4.62. The summed E-state index contributed by atoms with van der Waals surface area (Å²) in [6.45, 7) is 0.832. The fourth-order valence-electron chi connectivity index (χ4n) is 0.746. The lowest BCUT2D eigenvalue weighted by molar-refractivity contribution is -0.121. The molecule has 82 valence electrons. The highest BCUT2D eigenvalue weighted by Gasteiger charge is 2.10. The van der Waals surface area contributed by atoms with Crippen LogP contribution in [0.2, 0.25) is 0 Å². The van der Waals surface area contributed by atoms with Crippen molar-refractivity contribution in [1.82, 2.24) is 15.6 Å². The summed E-state index contributed by atoms with van der Waals surface area (Å²) >= 11 is 0. The van der Waals surface area contributed by atoms with Crippen LogP contribution in [0.4, 0.5) is 4.79 Å². The van der Waals surface area contributed by atoms with Gasteiger partial charge in [0.25, 0.3) is 0 Å². The molecule has 0 aliphatic carbocycles. The number of likely N-dealkylation sites (N-methyl/N-ethyl adjacent to an activating group) is 1. The molecule has 7 nitrogen and oxygen atoms in total. The number of hydrogen-bond acceptors (Lipinski definition) is 4. The van der Waals surface area contributed by atoms with E-state index in [1.165, 1.54) is 11.9 Å². The van der Waals surface area contributed by atoms with Crippen LogP contribution >= 0.6 is 0 Å². The molecule has 0 aromatic heterocycles. The van der Waals surface area contributed by atoms with Crippen molar-refractivity contribution in [3.8, 4) is 0 Å². The van der Waals surface area contributed by atoms with Crippen molar-refractivity contribution < 1.29 is 14.3 Å². The number of carbonyl (C=O) groups is 2. The van der Waals surface area contributed by atoms with Crippen LogP contribution in [-0.2, 0) is 9.53 Å². The predicted molar refractivity (Wildman–Crippen MR) is 50.2 cm³/mol. The highest BCUT2D eigenvalue weighted by molar-refractivity contribution is 5.83. The molecule has 4 N–H and O–H groups in total. The number of rotatable bonds is 5. The molecule has 0 atom stereocenters. The topological polar surface area (TPSA) is 96.7 Å². The van der Waals surface area contributed by atoms with Crippen molar-refractivity contribution in [2.45, 2.75) is 0 Å². The van der Waals surface area contributed by atoms with Gasteiger partial charge in [-0.2, -0.15) is 0 Å². The molecule has 3 amide bonds. The maximum atomic E-state index is 11.1. The van der Waals surface area contributed by atoms with Crippen molar-refractivity contribution >= 4 is 11.9 Å². The molecule has 0 aromatic carbocycles. The van der Waals surface area contributed by atoms with Gasteiger partial charge in [-0.15, -0.1) is 0 Å². The van der Waals surface area contributed by atoms with Crippen LogP contribution in [0.25, 0.3) is 0 Å². The van der Waals surface area contributed by atoms with Gasteiger partial charge >= 0.3 is 6.03 Å². The molecule has 0 aliphatic heterocycles. The second-order valence-corrected chi connectivity index (χ2v) is 2.65. The highest BCUT2D eigenvalue weighted by atomic mass is 16.5. The number of urea groups is 1. The molecule has 14 heavy (non-hydrogen) atoms. The average molecular weight is 204 g/mol. The van der Waals surface area contributed by atoms with Gasteiger partial charge < -0.3 is 15.0 Å². The third-order valence-corrected chi connectivity index (χ3v) is 1.48. The Kier molecular flexibility index (Phi) is 6.42. The zero-order valence-corrected chi connectivity index (χ0v) is 8.37. The number of hydrazine groups is 1. The number of methoxy groups -OCH3 is 1. The van der Waals surface area contributed by atoms with Gasteiger partial charge in [0.2, 0.25) is 5.91 Å². The van der Waals surface area contributed by atoms with Gasteiger partial charge in [0, 0.05) is 20.7 Å². The third-order valence-electron chi connectivity index (χ3n) is 1.48. The average Bonchev–Trinajstić information content (AvgIpc) is 2.16. The molecule has 0 spiro atoms. The first-order chi connectivity index (χ1) is 6.61. The van der Waals surface area contributed by atoms with E-state index in [9.17, 15) is 9.59 Å². The summed E-state index contributed by atoms with van der Waals surface area (Å²) in [6.07, 6.45) is 0. The van der Waals surface area contributed by atoms with Crippen molar-refractivity contribution in [2.75, 3.05) is 33.9 Å². The zero-order valence-electron chi connectivity index (χ0n) is 8.37. The Labute approximate surface area is 82.5 Å². The predicted octanol–water partition coefficient (Wildman–Crippen LogP) is -1.74. The van der Waals surface area contributed by atoms with Gasteiger partial charge in [0.05, 0.1) is 6.61 Å². The van der Waals surface area contributed by atoms with Crippen LogP contribution < -0.4 is 16.6 Å². The summed E-state index contributed by atoms with van der Waals surface area (Å²) < 4.78 is 4.74. The Bertz CT molecular complexity index is 197. The van der Waals surface area contributed by atoms with E-state index in [2.05, 4.69) is 5.32 Å². The molecule has 0 bridgehead atoms. The minimum atomic E-state index is -0.508. The maximum Gasteiger partial charge on any atom is 0.331 e. The van der Waals surface area contributed by atoms with Gasteiger partial charge in [-0.25, -0.2) is 10.6 Å². The smallest absolute Gasteiger partial charge is 0.331 e. The molecule has 0 heterocycles. The summed E-state index contributed by atoms with van der Waals surface area (Å²) in [4.78, 5) is 23.2. The molecule has 0 rings (SSSR count). The van der Waals surface area contributed by atoms with Crippen molar-refractivity contribution in [3.05, 3.63) is 0 Å². The number of nitrogens with one attached hydrogen (secondary N) is 2. The van der Waals surface area contributed by atoms with Crippen molar-refractivity contribution in [2.24, 2.45) is 5.84 Å². The second kappa shape index (κ2) is 7.10. The van der Waals surface area contributed by atoms with Gasteiger partial charge in [-0.1, -0.05) is 0 Å². The van der Waals surface area contributed by atoms with E-state index >= 15 is 0 Å². The lowest BCUT2D eigenvalue weighted by atomic mass is 10.5. The Morgan fingerprint density at radius 3 is 2.64 bits per heavy atom. The minimum absolute atomic E-state index is 0.0350. The normalized spacial score (nSPS) is 9.36. The number of hydrogen-bond donors (Lipinski definition) is 3. The molecular formula is C7H16N4O3. The second-order valence-electron chi connectivity index (χ2n) is 2.65. The van der Waals surface area contributed by atoms with Gasteiger partial charge in [-0.3, -0.25) is 10.2 Å². The molecule has 0 fully saturated rings. The van der Waals surface area contributed by atoms with E-state index in [-0.39, 0.29) is 12.5 Å². The Morgan fingerprint density at radius 1 is 1.50 bits per heavy atom.